The smallest absolute Gasteiger partial charge is 0.225 e. The van der Waals surface area contributed by atoms with E-state index in [0.29, 0.717) is 25.1 Å². The second-order valence-electron chi connectivity index (χ2n) is 7.54. The van der Waals surface area contributed by atoms with E-state index >= 15 is 0 Å². The molecule has 27 heavy (non-hydrogen) atoms. The van der Waals surface area contributed by atoms with Crippen LogP contribution in [0.25, 0.3) is 0 Å². The van der Waals surface area contributed by atoms with Gasteiger partial charge in [0.2, 0.25) is 17.8 Å². The molecule has 0 aromatic carbocycles. The molecule has 1 aromatic heterocycles. The molecule has 0 bridgehead atoms. The minimum Gasteiger partial charge on any atom is -0.353 e. The lowest BCUT2D eigenvalue weighted by molar-refractivity contribution is -0.134. The van der Waals surface area contributed by atoms with Crippen LogP contribution in [0.15, 0.2) is 18.5 Å². The number of piperazine rings is 1. The molecule has 8 nitrogen and oxygen atoms in total. The van der Waals surface area contributed by atoms with Gasteiger partial charge in [0.25, 0.3) is 0 Å². The summed E-state index contributed by atoms with van der Waals surface area (Å²) in [5.41, 5.74) is 0. The zero-order valence-electron chi connectivity index (χ0n) is 16.3. The van der Waals surface area contributed by atoms with Crippen LogP contribution in [0.1, 0.15) is 32.6 Å². The fourth-order valence-electron chi connectivity index (χ4n) is 3.71. The first kappa shape index (κ1) is 19.5. The van der Waals surface area contributed by atoms with Crippen LogP contribution in [0.4, 0.5) is 5.95 Å². The minimum atomic E-state index is -0.0126. The first-order valence-corrected chi connectivity index (χ1v) is 9.82. The van der Waals surface area contributed by atoms with Gasteiger partial charge < -0.3 is 20.0 Å². The van der Waals surface area contributed by atoms with Gasteiger partial charge in [-0.05, 0) is 32.9 Å². The molecule has 2 saturated heterocycles. The zero-order valence-corrected chi connectivity index (χ0v) is 16.3. The van der Waals surface area contributed by atoms with Crippen LogP contribution in [-0.2, 0) is 9.59 Å². The topological polar surface area (TPSA) is 81.7 Å². The number of amides is 2. The summed E-state index contributed by atoms with van der Waals surface area (Å²) in [7, 11) is 2.12. The molecule has 2 aliphatic heterocycles. The number of nitrogens with one attached hydrogen (secondary N) is 1. The molecule has 2 atom stereocenters. The van der Waals surface area contributed by atoms with E-state index in [0.717, 1.165) is 32.5 Å². The highest BCUT2D eigenvalue weighted by atomic mass is 16.2. The average Bonchev–Trinajstić information content (AvgIpc) is 2.70. The van der Waals surface area contributed by atoms with Crippen molar-refractivity contribution in [2.75, 3.05) is 44.7 Å². The number of piperidine rings is 1. The van der Waals surface area contributed by atoms with E-state index in [-0.39, 0.29) is 30.7 Å². The number of carbonyl (C=O) groups is 2. The molecule has 2 aliphatic rings. The summed E-state index contributed by atoms with van der Waals surface area (Å²) in [4.78, 5) is 39.4. The van der Waals surface area contributed by atoms with Gasteiger partial charge in [-0.25, -0.2) is 9.97 Å². The van der Waals surface area contributed by atoms with Gasteiger partial charge in [0.1, 0.15) is 0 Å². The van der Waals surface area contributed by atoms with Gasteiger partial charge in [0.15, 0.2) is 0 Å². The van der Waals surface area contributed by atoms with E-state index in [9.17, 15) is 9.59 Å². The lowest BCUT2D eigenvalue weighted by atomic mass is 9.99. The van der Waals surface area contributed by atoms with Crippen molar-refractivity contribution in [2.45, 2.75) is 44.7 Å². The van der Waals surface area contributed by atoms with E-state index in [1.807, 2.05) is 4.90 Å². The Morgan fingerprint density at radius 3 is 2.48 bits per heavy atom. The number of anilines is 1. The third kappa shape index (κ3) is 5.38. The van der Waals surface area contributed by atoms with E-state index in [1.54, 1.807) is 18.5 Å². The third-order valence-electron chi connectivity index (χ3n) is 5.61. The third-order valence-corrected chi connectivity index (χ3v) is 5.61. The molecule has 0 saturated carbocycles. The molecule has 2 unspecified atom stereocenters. The van der Waals surface area contributed by atoms with Gasteiger partial charge in [-0.2, -0.15) is 0 Å². The summed E-state index contributed by atoms with van der Waals surface area (Å²) >= 11 is 0. The monoisotopic (exact) mass is 374 g/mol. The number of nitrogens with zero attached hydrogens (tertiary/aromatic N) is 5. The van der Waals surface area contributed by atoms with Gasteiger partial charge in [-0.3, -0.25) is 9.59 Å². The number of carbonyl (C=O) groups excluding carboxylic acids is 2. The summed E-state index contributed by atoms with van der Waals surface area (Å²) in [6.07, 6.45) is 5.94. The number of rotatable bonds is 5. The zero-order chi connectivity index (χ0) is 19.2. The highest BCUT2D eigenvalue weighted by Gasteiger charge is 2.25. The van der Waals surface area contributed by atoms with E-state index in [2.05, 4.69) is 39.1 Å². The quantitative estimate of drug-likeness (QED) is 0.809. The number of likely N-dealkylation sites (tertiary alicyclic amines) is 1. The van der Waals surface area contributed by atoms with Crippen molar-refractivity contribution in [3.05, 3.63) is 18.5 Å². The van der Waals surface area contributed by atoms with Crippen molar-refractivity contribution in [2.24, 2.45) is 0 Å². The Kier molecular flexibility index (Phi) is 6.60. The number of hydrogen-bond donors (Lipinski definition) is 1. The summed E-state index contributed by atoms with van der Waals surface area (Å²) in [6, 6.07) is 2.50. The first-order valence-electron chi connectivity index (χ1n) is 9.82. The summed E-state index contributed by atoms with van der Waals surface area (Å²) in [5, 5.41) is 3.10. The normalized spacial score (nSPS) is 23.9. The Morgan fingerprint density at radius 1 is 1.11 bits per heavy atom. The molecule has 2 fully saturated rings. The van der Waals surface area contributed by atoms with Crippen molar-refractivity contribution < 1.29 is 9.59 Å². The molecule has 3 heterocycles. The molecular formula is C19H30N6O2. The Labute approximate surface area is 160 Å². The maximum absolute atomic E-state index is 12.4. The van der Waals surface area contributed by atoms with E-state index in [1.165, 1.54) is 0 Å². The maximum Gasteiger partial charge on any atom is 0.225 e. The first-order chi connectivity index (χ1) is 13.0. The fraction of sp³-hybridized carbons (Fsp3) is 0.684. The van der Waals surface area contributed by atoms with Gasteiger partial charge in [-0.15, -0.1) is 0 Å². The second kappa shape index (κ2) is 9.12. The molecule has 0 spiro atoms. The van der Waals surface area contributed by atoms with E-state index in [4.69, 9.17) is 0 Å². The van der Waals surface area contributed by atoms with Crippen molar-refractivity contribution in [3.8, 4) is 0 Å². The largest absolute Gasteiger partial charge is 0.353 e. The lowest BCUT2D eigenvalue weighted by Gasteiger charge is -2.35. The van der Waals surface area contributed by atoms with E-state index < -0.39 is 0 Å². The van der Waals surface area contributed by atoms with Gasteiger partial charge in [-0.1, -0.05) is 0 Å². The highest BCUT2D eigenvalue weighted by Crippen LogP contribution is 2.16. The lowest BCUT2D eigenvalue weighted by Crippen LogP contribution is -2.49. The van der Waals surface area contributed by atoms with Gasteiger partial charge >= 0.3 is 0 Å². The highest BCUT2D eigenvalue weighted by molar-refractivity contribution is 5.84. The molecule has 2 amide bonds. The summed E-state index contributed by atoms with van der Waals surface area (Å²) < 4.78 is 0. The number of hydrogen-bond acceptors (Lipinski definition) is 6. The Morgan fingerprint density at radius 2 is 1.81 bits per heavy atom. The minimum absolute atomic E-state index is 0.0126. The molecule has 1 aromatic rings. The summed E-state index contributed by atoms with van der Waals surface area (Å²) in [5.74, 6) is 0.744. The van der Waals surface area contributed by atoms with Crippen LogP contribution >= 0.6 is 0 Å². The van der Waals surface area contributed by atoms with Gasteiger partial charge in [0, 0.05) is 70.0 Å². The molecule has 1 N–H and O–H groups in total. The standard InChI is InChI=1S/C19H30N6O2/c1-15-14-16(6-9-23(15)2)22-17(26)4-5-18(27)24-10-12-25(13-11-24)19-20-7-3-8-21-19/h3,7-8,15-16H,4-6,9-14H2,1-2H3,(H,22,26). The predicted molar refractivity (Wildman–Crippen MR) is 103 cm³/mol. The molecule has 0 aliphatic carbocycles. The maximum atomic E-state index is 12.4. The average molecular weight is 374 g/mol. The van der Waals surface area contributed by atoms with Crippen LogP contribution in [0.3, 0.4) is 0 Å². The van der Waals surface area contributed by atoms with Gasteiger partial charge in [0.05, 0.1) is 0 Å². The van der Waals surface area contributed by atoms with Crippen LogP contribution in [0.2, 0.25) is 0 Å². The second-order valence-corrected chi connectivity index (χ2v) is 7.54. The molecule has 148 valence electrons. The SMILES string of the molecule is CC1CC(NC(=O)CCC(=O)N2CCN(c3ncccn3)CC2)CCN1C. The number of aromatic nitrogens is 2. The molecule has 0 radical (unpaired) electrons. The van der Waals surface area contributed by atoms with Crippen molar-refractivity contribution in [1.29, 1.82) is 0 Å². The fourth-order valence-corrected chi connectivity index (χ4v) is 3.71. The Balaban J connectivity index is 1.36. The summed E-state index contributed by atoms with van der Waals surface area (Å²) in [6.45, 7) is 5.91. The van der Waals surface area contributed by atoms with Crippen LogP contribution in [0.5, 0.6) is 0 Å². The van der Waals surface area contributed by atoms with Crippen molar-refractivity contribution in [1.82, 2.24) is 25.1 Å². The van der Waals surface area contributed by atoms with Crippen LogP contribution in [0, 0.1) is 0 Å². The van der Waals surface area contributed by atoms with Crippen molar-refractivity contribution >= 4 is 17.8 Å². The molecule has 8 heteroatoms. The Hall–Kier alpha value is -2.22. The predicted octanol–water partition coefficient (Wildman–Crippen LogP) is 0.504. The van der Waals surface area contributed by atoms with Crippen LogP contribution in [-0.4, -0.2) is 83.4 Å². The van der Waals surface area contributed by atoms with Crippen molar-refractivity contribution in [3.63, 3.8) is 0 Å². The Bertz CT molecular complexity index is 632. The van der Waals surface area contributed by atoms with Crippen LogP contribution < -0.4 is 10.2 Å². The molecular weight excluding hydrogens is 344 g/mol. The molecule has 3 rings (SSSR count).